The molecule has 21 heavy (non-hydrogen) atoms. The Morgan fingerprint density at radius 1 is 1.29 bits per heavy atom. The van der Waals surface area contributed by atoms with Gasteiger partial charge in [-0.1, -0.05) is 22.9 Å². The SMILES string of the molecule is CCCNc1ncnc(Oc2cc(Br)cc(F)c2F)c1C. The zero-order chi connectivity index (χ0) is 15.4. The van der Waals surface area contributed by atoms with Crippen LogP contribution in [0, 0.1) is 18.6 Å². The number of hydrogen-bond acceptors (Lipinski definition) is 4. The van der Waals surface area contributed by atoms with E-state index in [9.17, 15) is 8.78 Å². The highest BCUT2D eigenvalue weighted by Crippen LogP contribution is 2.31. The molecule has 0 aliphatic rings. The van der Waals surface area contributed by atoms with Gasteiger partial charge >= 0.3 is 0 Å². The van der Waals surface area contributed by atoms with Crippen LogP contribution in [0.2, 0.25) is 0 Å². The zero-order valence-corrected chi connectivity index (χ0v) is 13.2. The van der Waals surface area contributed by atoms with Crippen LogP contribution in [-0.4, -0.2) is 16.5 Å². The molecule has 0 amide bonds. The Morgan fingerprint density at radius 3 is 2.76 bits per heavy atom. The average Bonchev–Trinajstić information content (AvgIpc) is 2.45. The predicted molar refractivity (Wildman–Crippen MR) is 79.7 cm³/mol. The highest BCUT2D eigenvalue weighted by Gasteiger charge is 2.15. The first-order valence-corrected chi connectivity index (χ1v) is 7.20. The lowest BCUT2D eigenvalue weighted by Gasteiger charge is -2.12. The fraction of sp³-hybridized carbons (Fsp3) is 0.286. The lowest BCUT2D eigenvalue weighted by Crippen LogP contribution is -2.06. The van der Waals surface area contributed by atoms with Crippen molar-refractivity contribution in [3.05, 3.63) is 40.1 Å². The van der Waals surface area contributed by atoms with E-state index >= 15 is 0 Å². The molecule has 0 radical (unpaired) electrons. The van der Waals surface area contributed by atoms with Gasteiger partial charge in [0.1, 0.15) is 12.1 Å². The van der Waals surface area contributed by atoms with Crippen molar-refractivity contribution < 1.29 is 13.5 Å². The van der Waals surface area contributed by atoms with Gasteiger partial charge < -0.3 is 10.1 Å². The first kappa shape index (κ1) is 15.6. The number of aromatic nitrogens is 2. The number of halogens is 3. The van der Waals surface area contributed by atoms with E-state index in [2.05, 4.69) is 31.2 Å². The predicted octanol–water partition coefficient (Wildman–Crippen LogP) is 4.44. The van der Waals surface area contributed by atoms with Crippen LogP contribution in [0.15, 0.2) is 22.9 Å². The van der Waals surface area contributed by atoms with Gasteiger partial charge in [0.2, 0.25) is 11.7 Å². The fourth-order valence-corrected chi connectivity index (χ4v) is 2.08. The molecule has 1 aromatic heterocycles. The van der Waals surface area contributed by atoms with E-state index < -0.39 is 11.6 Å². The Kier molecular flexibility index (Phi) is 5.06. The molecular weight excluding hydrogens is 344 g/mol. The molecular formula is C14H14BrF2N3O. The summed E-state index contributed by atoms with van der Waals surface area (Å²) in [6.07, 6.45) is 2.25. The summed E-state index contributed by atoms with van der Waals surface area (Å²) in [6.45, 7) is 4.53. The lowest BCUT2D eigenvalue weighted by atomic mass is 10.3. The van der Waals surface area contributed by atoms with Crippen molar-refractivity contribution in [2.75, 3.05) is 11.9 Å². The highest BCUT2D eigenvalue weighted by molar-refractivity contribution is 9.10. The van der Waals surface area contributed by atoms with Gasteiger partial charge in [0.25, 0.3) is 0 Å². The van der Waals surface area contributed by atoms with Gasteiger partial charge in [-0.05, 0) is 25.5 Å². The Hall–Kier alpha value is -1.76. The number of hydrogen-bond donors (Lipinski definition) is 1. The standard InChI is InChI=1S/C14H14BrF2N3O/c1-3-4-18-13-8(2)14(20-7-19-13)21-11-6-9(15)5-10(16)12(11)17/h5-7H,3-4H2,1-2H3,(H,18,19,20). The highest BCUT2D eigenvalue weighted by atomic mass is 79.9. The van der Waals surface area contributed by atoms with Gasteiger partial charge in [0.15, 0.2) is 11.6 Å². The second kappa shape index (κ2) is 6.80. The number of ether oxygens (including phenoxy) is 1. The summed E-state index contributed by atoms with van der Waals surface area (Å²) in [5.74, 6) is -1.49. The van der Waals surface area contributed by atoms with E-state index in [1.165, 1.54) is 12.4 Å². The summed E-state index contributed by atoms with van der Waals surface area (Å²) >= 11 is 3.10. The monoisotopic (exact) mass is 357 g/mol. The van der Waals surface area contributed by atoms with E-state index in [0.717, 1.165) is 19.0 Å². The minimum Gasteiger partial charge on any atom is -0.435 e. The Labute approximate surface area is 129 Å². The summed E-state index contributed by atoms with van der Waals surface area (Å²) < 4.78 is 32.8. The van der Waals surface area contributed by atoms with Crippen LogP contribution in [0.1, 0.15) is 18.9 Å². The van der Waals surface area contributed by atoms with Crippen molar-refractivity contribution in [2.45, 2.75) is 20.3 Å². The molecule has 1 aromatic carbocycles. The summed E-state index contributed by atoms with van der Waals surface area (Å²) in [5.41, 5.74) is 0.630. The summed E-state index contributed by atoms with van der Waals surface area (Å²) in [5, 5.41) is 3.12. The van der Waals surface area contributed by atoms with E-state index in [1.807, 2.05) is 6.92 Å². The minimum atomic E-state index is -1.06. The maximum Gasteiger partial charge on any atom is 0.227 e. The molecule has 0 spiro atoms. The molecule has 1 heterocycles. The molecule has 112 valence electrons. The molecule has 0 saturated heterocycles. The van der Waals surface area contributed by atoms with Gasteiger partial charge in [0.05, 0.1) is 5.56 Å². The molecule has 0 atom stereocenters. The summed E-state index contributed by atoms with van der Waals surface area (Å²) in [4.78, 5) is 8.06. The van der Waals surface area contributed by atoms with Crippen LogP contribution in [0.25, 0.3) is 0 Å². The van der Waals surface area contributed by atoms with Crippen molar-refractivity contribution in [3.63, 3.8) is 0 Å². The van der Waals surface area contributed by atoms with Crippen molar-refractivity contribution in [3.8, 4) is 11.6 Å². The smallest absolute Gasteiger partial charge is 0.227 e. The molecule has 0 bridgehead atoms. The third-order valence-electron chi connectivity index (χ3n) is 2.75. The molecule has 0 aliphatic carbocycles. The van der Waals surface area contributed by atoms with Crippen LogP contribution >= 0.6 is 15.9 Å². The number of nitrogens with zero attached hydrogens (tertiary/aromatic N) is 2. The normalized spacial score (nSPS) is 10.5. The quantitative estimate of drug-likeness (QED) is 0.803. The van der Waals surface area contributed by atoms with Crippen molar-refractivity contribution in [1.29, 1.82) is 0 Å². The molecule has 2 aromatic rings. The molecule has 0 saturated carbocycles. The minimum absolute atomic E-state index is 0.181. The molecule has 0 fully saturated rings. The van der Waals surface area contributed by atoms with Crippen LogP contribution in [-0.2, 0) is 0 Å². The Balaban J connectivity index is 2.32. The maximum atomic E-state index is 13.7. The topological polar surface area (TPSA) is 47.0 Å². The van der Waals surface area contributed by atoms with E-state index in [4.69, 9.17) is 4.74 Å². The second-order valence-corrected chi connectivity index (χ2v) is 5.30. The van der Waals surface area contributed by atoms with Gasteiger partial charge in [-0.2, -0.15) is 4.39 Å². The first-order valence-electron chi connectivity index (χ1n) is 6.40. The van der Waals surface area contributed by atoms with Crippen molar-refractivity contribution >= 4 is 21.7 Å². The molecule has 0 aliphatic heterocycles. The molecule has 0 unspecified atom stereocenters. The van der Waals surface area contributed by atoms with E-state index in [-0.39, 0.29) is 11.6 Å². The van der Waals surface area contributed by atoms with Gasteiger partial charge in [0, 0.05) is 11.0 Å². The third-order valence-corrected chi connectivity index (χ3v) is 3.20. The second-order valence-electron chi connectivity index (χ2n) is 4.38. The number of rotatable bonds is 5. The molecule has 2 rings (SSSR count). The zero-order valence-electron chi connectivity index (χ0n) is 11.6. The van der Waals surface area contributed by atoms with Crippen LogP contribution in [0.3, 0.4) is 0 Å². The van der Waals surface area contributed by atoms with Gasteiger partial charge in [-0.15, -0.1) is 0 Å². The van der Waals surface area contributed by atoms with Crippen LogP contribution in [0.4, 0.5) is 14.6 Å². The van der Waals surface area contributed by atoms with Crippen molar-refractivity contribution in [1.82, 2.24) is 9.97 Å². The van der Waals surface area contributed by atoms with Crippen LogP contribution in [0.5, 0.6) is 11.6 Å². The Bertz CT molecular complexity index is 652. The number of benzene rings is 1. The van der Waals surface area contributed by atoms with Crippen molar-refractivity contribution in [2.24, 2.45) is 0 Å². The first-order chi connectivity index (χ1) is 10.0. The Morgan fingerprint density at radius 2 is 2.05 bits per heavy atom. The largest absolute Gasteiger partial charge is 0.435 e. The lowest BCUT2D eigenvalue weighted by molar-refractivity contribution is 0.402. The third kappa shape index (κ3) is 3.66. The maximum absolute atomic E-state index is 13.7. The number of anilines is 1. The van der Waals surface area contributed by atoms with Gasteiger partial charge in [-0.25, -0.2) is 14.4 Å². The van der Waals surface area contributed by atoms with E-state index in [0.29, 0.717) is 15.9 Å². The van der Waals surface area contributed by atoms with E-state index in [1.54, 1.807) is 6.92 Å². The number of nitrogens with one attached hydrogen (secondary N) is 1. The summed E-state index contributed by atoms with van der Waals surface area (Å²) in [6, 6.07) is 2.38. The molecule has 1 N–H and O–H groups in total. The summed E-state index contributed by atoms with van der Waals surface area (Å²) in [7, 11) is 0. The van der Waals surface area contributed by atoms with Gasteiger partial charge in [-0.3, -0.25) is 0 Å². The van der Waals surface area contributed by atoms with Crippen LogP contribution < -0.4 is 10.1 Å². The molecule has 7 heteroatoms. The fourth-order valence-electron chi connectivity index (χ4n) is 1.67. The average molecular weight is 358 g/mol. The molecule has 4 nitrogen and oxygen atoms in total.